The number of hydrogen-bond donors (Lipinski definition) is 1. The quantitative estimate of drug-likeness (QED) is 0.650. The van der Waals surface area contributed by atoms with Crippen molar-refractivity contribution < 1.29 is 9.90 Å². The molecule has 0 spiro atoms. The van der Waals surface area contributed by atoms with E-state index in [0.717, 1.165) is 33.4 Å². The zero-order valence-corrected chi connectivity index (χ0v) is 13.8. The highest BCUT2D eigenvalue weighted by Crippen LogP contribution is 2.24. The number of phenolic OH excluding ortho intramolecular Hbond substituents is 1. The summed E-state index contributed by atoms with van der Waals surface area (Å²) in [6.07, 6.45) is 3.40. The van der Waals surface area contributed by atoms with E-state index in [0.29, 0.717) is 5.75 Å². The van der Waals surface area contributed by atoms with Gasteiger partial charge in [0.05, 0.1) is 0 Å². The molecule has 2 aromatic carbocycles. The average molecular weight is 294 g/mol. The summed E-state index contributed by atoms with van der Waals surface area (Å²) in [6.45, 7) is 9.74. The molecule has 2 heteroatoms. The zero-order valence-electron chi connectivity index (χ0n) is 13.8. The first-order valence-electron chi connectivity index (χ1n) is 7.40. The van der Waals surface area contributed by atoms with Crippen molar-refractivity contribution in [3.8, 4) is 5.75 Å². The smallest absolute Gasteiger partial charge is 0.186 e. The van der Waals surface area contributed by atoms with Crippen molar-refractivity contribution in [3.63, 3.8) is 0 Å². The number of rotatable bonds is 3. The number of benzene rings is 2. The minimum atomic E-state index is 0.00369. The van der Waals surface area contributed by atoms with Crippen molar-refractivity contribution in [1.29, 1.82) is 0 Å². The Morgan fingerprint density at radius 1 is 0.818 bits per heavy atom. The third kappa shape index (κ3) is 3.28. The van der Waals surface area contributed by atoms with Crippen LogP contribution in [0.3, 0.4) is 0 Å². The molecule has 0 bridgehead atoms. The molecule has 0 amide bonds. The van der Waals surface area contributed by atoms with Crippen LogP contribution in [0.1, 0.15) is 43.7 Å². The SMILES string of the molecule is Cc1cc(C)c(C(=O)/C=C/c2cc(C)c(O)c(C)c2)cc1C. The number of aryl methyl sites for hydroxylation is 5. The van der Waals surface area contributed by atoms with E-state index >= 15 is 0 Å². The van der Waals surface area contributed by atoms with Gasteiger partial charge in [0, 0.05) is 5.56 Å². The van der Waals surface area contributed by atoms with Gasteiger partial charge in [-0.3, -0.25) is 4.79 Å². The Morgan fingerprint density at radius 2 is 1.36 bits per heavy atom. The molecule has 0 saturated heterocycles. The molecular formula is C20H22O2. The van der Waals surface area contributed by atoms with E-state index in [9.17, 15) is 9.90 Å². The van der Waals surface area contributed by atoms with E-state index in [1.165, 1.54) is 5.56 Å². The van der Waals surface area contributed by atoms with Crippen LogP contribution >= 0.6 is 0 Å². The third-order valence-corrected chi connectivity index (χ3v) is 4.05. The molecule has 2 nitrogen and oxygen atoms in total. The fraction of sp³-hybridized carbons (Fsp3) is 0.250. The van der Waals surface area contributed by atoms with Gasteiger partial charge in [0.15, 0.2) is 5.78 Å². The molecule has 0 unspecified atom stereocenters. The standard InChI is InChI=1S/C20H22O2/c1-12-8-14(3)18(11-13(12)2)19(21)7-6-17-9-15(4)20(22)16(5)10-17/h6-11,22H,1-5H3/b7-6+. The molecule has 2 aromatic rings. The van der Waals surface area contributed by atoms with Gasteiger partial charge < -0.3 is 5.11 Å². The molecule has 114 valence electrons. The van der Waals surface area contributed by atoms with E-state index in [1.54, 1.807) is 12.2 Å². The van der Waals surface area contributed by atoms with Crippen LogP contribution in [-0.4, -0.2) is 10.9 Å². The van der Waals surface area contributed by atoms with Gasteiger partial charge in [-0.15, -0.1) is 0 Å². The van der Waals surface area contributed by atoms with Crippen molar-refractivity contribution in [2.45, 2.75) is 34.6 Å². The fourth-order valence-electron chi connectivity index (χ4n) is 2.57. The first kappa shape index (κ1) is 16.0. The Labute approximate surface area is 132 Å². The molecule has 0 aromatic heterocycles. The van der Waals surface area contributed by atoms with Crippen LogP contribution in [0.2, 0.25) is 0 Å². The predicted molar refractivity (Wildman–Crippen MR) is 91.6 cm³/mol. The summed E-state index contributed by atoms with van der Waals surface area (Å²) < 4.78 is 0. The van der Waals surface area contributed by atoms with Crippen LogP contribution in [0, 0.1) is 34.6 Å². The third-order valence-electron chi connectivity index (χ3n) is 4.05. The fourth-order valence-corrected chi connectivity index (χ4v) is 2.57. The molecule has 0 aliphatic carbocycles. The zero-order chi connectivity index (χ0) is 16.4. The minimum Gasteiger partial charge on any atom is -0.507 e. The molecule has 2 rings (SSSR count). The van der Waals surface area contributed by atoms with Gasteiger partial charge in [-0.25, -0.2) is 0 Å². The minimum absolute atomic E-state index is 0.00369. The lowest BCUT2D eigenvalue weighted by Crippen LogP contribution is -2.00. The number of carbonyl (C=O) groups is 1. The van der Waals surface area contributed by atoms with Crippen LogP contribution in [0.4, 0.5) is 0 Å². The Balaban J connectivity index is 2.31. The first-order chi connectivity index (χ1) is 10.3. The van der Waals surface area contributed by atoms with Gasteiger partial charge in [0.25, 0.3) is 0 Å². The van der Waals surface area contributed by atoms with Gasteiger partial charge in [-0.1, -0.05) is 12.1 Å². The van der Waals surface area contributed by atoms with E-state index in [1.807, 2.05) is 52.0 Å². The van der Waals surface area contributed by atoms with Gasteiger partial charge in [-0.05, 0) is 92.3 Å². The molecular weight excluding hydrogens is 272 g/mol. The lowest BCUT2D eigenvalue weighted by atomic mass is 9.97. The second kappa shape index (κ2) is 6.18. The maximum atomic E-state index is 12.4. The van der Waals surface area contributed by atoms with Crippen molar-refractivity contribution in [1.82, 2.24) is 0 Å². The number of ketones is 1. The van der Waals surface area contributed by atoms with Crippen LogP contribution in [0.5, 0.6) is 5.75 Å². The van der Waals surface area contributed by atoms with Crippen molar-refractivity contribution in [2.75, 3.05) is 0 Å². The molecule has 22 heavy (non-hydrogen) atoms. The van der Waals surface area contributed by atoms with E-state index < -0.39 is 0 Å². The summed E-state index contributed by atoms with van der Waals surface area (Å²) in [5.41, 5.74) is 6.61. The van der Waals surface area contributed by atoms with Crippen LogP contribution in [0.15, 0.2) is 30.3 Å². The topological polar surface area (TPSA) is 37.3 Å². The lowest BCUT2D eigenvalue weighted by Gasteiger charge is -2.07. The Kier molecular flexibility index (Phi) is 4.51. The molecule has 0 heterocycles. The number of hydrogen-bond acceptors (Lipinski definition) is 2. The highest BCUT2D eigenvalue weighted by atomic mass is 16.3. The molecule has 0 atom stereocenters. The molecule has 0 fully saturated rings. The van der Waals surface area contributed by atoms with E-state index in [-0.39, 0.29) is 5.78 Å². The summed E-state index contributed by atoms with van der Waals surface area (Å²) >= 11 is 0. The van der Waals surface area contributed by atoms with Crippen LogP contribution in [-0.2, 0) is 0 Å². The summed E-state index contributed by atoms with van der Waals surface area (Å²) in [5.74, 6) is 0.317. The van der Waals surface area contributed by atoms with Crippen molar-refractivity contribution in [2.24, 2.45) is 0 Å². The first-order valence-corrected chi connectivity index (χ1v) is 7.40. The highest BCUT2D eigenvalue weighted by Gasteiger charge is 2.08. The maximum absolute atomic E-state index is 12.4. The van der Waals surface area contributed by atoms with Gasteiger partial charge >= 0.3 is 0 Å². The molecule has 1 N–H and O–H groups in total. The molecule has 0 saturated carbocycles. The second-order valence-corrected chi connectivity index (χ2v) is 5.95. The maximum Gasteiger partial charge on any atom is 0.186 e. The lowest BCUT2D eigenvalue weighted by molar-refractivity contribution is 0.104. The van der Waals surface area contributed by atoms with E-state index in [2.05, 4.69) is 6.92 Å². The normalized spacial score (nSPS) is 11.1. The molecule has 0 aliphatic rings. The van der Waals surface area contributed by atoms with Gasteiger partial charge in [-0.2, -0.15) is 0 Å². The Morgan fingerprint density at radius 3 is 1.95 bits per heavy atom. The molecule has 0 aliphatic heterocycles. The largest absolute Gasteiger partial charge is 0.507 e. The van der Waals surface area contributed by atoms with E-state index in [4.69, 9.17) is 0 Å². The van der Waals surface area contributed by atoms with Gasteiger partial charge in [0.2, 0.25) is 0 Å². The summed E-state index contributed by atoms with van der Waals surface area (Å²) in [7, 11) is 0. The van der Waals surface area contributed by atoms with Crippen LogP contribution < -0.4 is 0 Å². The average Bonchev–Trinajstić information content (AvgIpc) is 2.45. The Bertz CT molecular complexity index is 745. The predicted octanol–water partition coefficient (Wildman–Crippen LogP) is 4.83. The monoisotopic (exact) mass is 294 g/mol. The van der Waals surface area contributed by atoms with Gasteiger partial charge in [0.1, 0.15) is 5.75 Å². The molecule has 0 radical (unpaired) electrons. The number of allylic oxidation sites excluding steroid dienone is 1. The highest BCUT2D eigenvalue weighted by molar-refractivity contribution is 6.08. The van der Waals surface area contributed by atoms with Crippen LogP contribution in [0.25, 0.3) is 6.08 Å². The van der Waals surface area contributed by atoms with Crippen molar-refractivity contribution in [3.05, 3.63) is 69.3 Å². The summed E-state index contributed by atoms with van der Waals surface area (Å²) in [5, 5.41) is 9.79. The Hall–Kier alpha value is -2.35. The summed E-state index contributed by atoms with van der Waals surface area (Å²) in [6, 6.07) is 7.74. The second-order valence-electron chi connectivity index (χ2n) is 5.95. The summed E-state index contributed by atoms with van der Waals surface area (Å²) in [4.78, 5) is 12.4. The number of phenols is 1. The van der Waals surface area contributed by atoms with Crippen molar-refractivity contribution >= 4 is 11.9 Å². The number of carbonyl (C=O) groups excluding carboxylic acids is 1. The number of aromatic hydroxyl groups is 1.